The van der Waals surface area contributed by atoms with E-state index >= 15 is 0 Å². The molecule has 0 aromatic heterocycles. The number of esters is 2. The van der Waals surface area contributed by atoms with Crippen LogP contribution in [0.15, 0.2) is 67.3 Å². The average Bonchev–Trinajstić information content (AvgIpc) is 2.81. The Balaban J connectivity index is 1.40. The zero-order valence-corrected chi connectivity index (χ0v) is 17.4. The minimum atomic E-state index is -0.342. The molecule has 3 rings (SSSR count). The second kappa shape index (κ2) is 11.3. The van der Waals surface area contributed by atoms with Crippen molar-refractivity contribution in [2.75, 3.05) is 6.61 Å². The second-order valence-electron chi connectivity index (χ2n) is 7.92. The lowest BCUT2D eigenvalue weighted by Crippen LogP contribution is -2.14. The molecule has 0 saturated heterocycles. The highest BCUT2D eigenvalue weighted by molar-refractivity contribution is 5.89. The molecule has 0 aliphatic heterocycles. The third-order valence-electron chi connectivity index (χ3n) is 5.84. The predicted octanol–water partition coefficient (Wildman–Crippen LogP) is 5.83. The Bertz CT molecular complexity index is 818. The molecule has 0 radical (unpaired) electrons. The molecule has 0 bridgehead atoms. The van der Waals surface area contributed by atoms with Crippen LogP contribution in [0.2, 0.25) is 0 Å². The summed E-state index contributed by atoms with van der Waals surface area (Å²) < 4.78 is 10.5. The average molecular weight is 407 g/mol. The van der Waals surface area contributed by atoms with E-state index in [2.05, 4.69) is 18.7 Å². The van der Waals surface area contributed by atoms with Gasteiger partial charge >= 0.3 is 11.9 Å². The summed E-state index contributed by atoms with van der Waals surface area (Å²) in [5.74, 6) is 0.627. The van der Waals surface area contributed by atoms with Gasteiger partial charge in [-0.3, -0.25) is 0 Å². The van der Waals surface area contributed by atoms with Crippen LogP contribution >= 0.6 is 0 Å². The summed E-state index contributed by atoms with van der Waals surface area (Å²) in [6.07, 6.45) is 7.93. The standard InChI is InChI=1S/C26H30O4/c1-2-25(27)29-18-6-9-20-10-12-22(13-11-20)23-14-16-24(17-15-23)26(28)30-19-21-7-4-3-5-8-21/h2-5,7-8,14-17,20,22H,1,6,9-13,18-19H2. The van der Waals surface area contributed by atoms with E-state index in [1.807, 2.05) is 42.5 Å². The minimum absolute atomic E-state index is 0.286. The Hall–Kier alpha value is -2.88. The maximum absolute atomic E-state index is 12.3. The van der Waals surface area contributed by atoms with Crippen LogP contribution in [-0.4, -0.2) is 18.5 Å². The van der Waals surface area contributed by atoms with Gasteiger partial charge in [0.2, 0.25) is 0 Å². The van der Waals surface area contributed by atoms with Crippen LogP contribution in [0, 0.1) is 5.92 Å². The summed E-state index contributed by atoms with van der Waals surface area (Å²) in [5, 5.41) is 0. The third-order valence-corrected chi connectivity index (χ3v) is 5.84. The molecule has 0 N–H and O–H groups in total. The number of carbonyl (C=O) groups is 2. The molecule has 0 atom stereocenters. The molecule has 158 valence electrons. The fraction of sp³-hybridized carbons (Fsp3) is 0.385. The first-order valence-corrected chi connectivity index (χ1v) is 10.8. The molecular weight excluding hydrogens is 376 g/mol. The maximum Gasteiger partial charge on any atom is 0.338 e. The number of carbonyl (C=O) groups excluding carboxylic acids is 2. The van der Waals surface area contributed by atoms with Crippen LogP contribution < -0.4 is 0 Å². The fourth-order valence-electron chi connectivity index (χ4n) is 4.09. The van der Waals surface area contributed by atoms with Gasteiger partial charge in [0, 0.05) is 6.08 Å². The van der Waals surface area contributed by atoms with Crippen molar-refractivity contribution < 1.29 is 19.1 Å². The highest BCUT2D eigenvalue weighted by Crippen LogP contribution is 2.37. The summed E-state index contributed by atoms with van der Waals surface area (Å²) in [6.45, 7) is 4.17. The van der Waals surface area contributed by atoms with E-state index in [0.29, 0.717) is 24.0 Å². The van der Waals surface area contributed by atoms with Gasteiger partial charge in [0.05, 0.1) is 12.2 Å². The number of ether oxygens (including phenoxy) is 2. The van der Waals surface area contributed by atoms with Gasteiger partial charge in [-0.1, -0.05) is 49.0 Å². The molecule has 4 nitrogen and oxygen atoms in total. The highest BCUT2D eigenvalue weighted by atomic mass is 16.5. The van der Waals surface area contributed by atoms with Crippen molar-refractivity contribution in [2.45, 2.75) is 51.0 Å². The Kier molecular flexibility index (Phi) is 8.25. The van der Waals surface area contributed by atoms with Crippen LogP contribution in [0.4, 0.5) is 0 Å². The molecule has 1 aliphatic rings. The van der Waals surface area contributed by atoms with E-state index in [1.54, 1.807) is 0 Å². The molecular formula is C26H30O4. The normalized spacial score (nSPS) is 18.4. The van der Waals surface area contributed by atoms with Crippen LogP contribution in [-0.2, 0) is 20.9 Å². The van der Waals surface area contributed by atoms with E-state index < -0.39 is 0 Å². The first kappa shape index (κ1) is 21.8. The molecule has 0 spiro atoms. The molecule has 2 aromatic carbocycles. The Morgan fingerprint density at radius 1 is 0.933 bits per heavy atom. The predicted molar refractivity (Wildman–Crippen MR) is 117 cm³/mol. The van der Waals surface area contributed by atoms with E-state index in [9.17, 15) is 9.59 Å². The van der Waals surface area contributed by atoms with E-state index in [0.717, 1.165) is 31.2 Å². The van der Waals surface area contributed by atoms with Gasteiger partial charge in [-0.05, 0) is 73.6 Å². The summed E-state index contributed by atoms with van der Waals surface area (Å²) in [7, 11) is 0. The Morgan fingerprint density at radius 3 is 2.30 bits per heavy atom. The molecule has 0 amide bonds. The van der Waals surface area contributed by atoms with Gasteiger partial charge in [0.15, 0.2) is 0 Å². The Labute approximate surface area is 178 Å². The molecule has 0 heterocycles. The van der Waals surface area contributed by atoms with Gasteiger partial charge in [0.1, 0.15) is 6.61 Å². The van der Waals surface area contributed by atoms with E-state index in [4.69, 9.17) is 9.47 Å². The van der Waals surface area contributed by atoms with Crippen LogP contribution in [0.5, 0.6) is 0 Å². The van der Waals surface area contributed by atoms with Crippen molar-refractivity contribution in [3.05, 3.63) is 83.9 Å². The minimum Gasteiger partial charge on any atom is -0.463 e. The van der Waals surface area contributed by atoms with Gasteiger partial charge in [0.25, 0.3) is 0 Å². The lowest BCUT2D eigenvalue weighted by atomic mass is 9.77. The van der Waals surface area contributed by atoms with Crippen molar-refractivity contribution in [1.29, 1.82) is 0 Å². The largest absolute Gasteiger partial charge is 0.463 e. The lowest BCUT2D eigenvalue weighted by molar-refractivity contribution is -0.137. The van der Waals surface area contributed by atoms with Crippen LogP contribution in [0.25, 0.3) is 0 Å². The van der Waals surface area contributed by atoms with Gasteiger partial charge in [-0.15, -0.1) is 0 Å². The quantitative estimate of drug-likeness (QED) is 0.299. The van der Waals surface area contributed by atoms with Crippen molar-refractivity contribution in [2.24, 2.45) is 5.92 Å². The lowest BCUT2D eigenvalue weighted by Gasteiger charge is -2.29. The molecule has 30 heavy (non-hydrogen) atoms. The molecule has 4 heteroatoms. The number of rotatable bonds is 9. The van der Waals surface area contributed by atoms with Crippen molar-refractivity contribution in [3.8, 4) is 0 Å². The highest BCUT2D eigenvalue weighted by Gasteiger charge is 2.22. The number of benzene rings is 2. The van der Waals surface area contributed by atoms with Crippen molar-refractivity contribution in [1.82, 2.24) is 0 Å². The SMILES string of the molecule is C=CC(=O)OCCCC1CCC(c2ccc(C(=O)OCc3ccccc3)cc2)CC1. The monoisotopic (exact) mass is 406 g/mol. The first-order chi connectivity index (χ1) is 14.7. The van der Waals surface area contributed by atoms with Crippen molar-refractivity contribution >= 4 is 11.9 Å². The van der Waals surface area contributed by atoms with Crippen LogP contribution in [0.3, 0.4) is 0 Å². The second-order valence-corrected chi connectivity index (χ2v) is 7.92. The summed E-state index contributed by atoms with van der Waals surface area (Å²) in [4.78, 5) is 23.3. The smallest absolute Gasteiger partial charge is 0.338 e. The zero-order valence-electron chi connectivity index (χ0n) is 17.4. The topological polar surface area (TPSA) is 52.6 Å². The third kappa shape index (κ3) is 6.58. The van der Waals surface area contributed by atoms with Gasteiger partial charge in [-0.25, -0.2) is 9.59 Å². The molecule has 1 aliphatic carbocycles. The zero-order chi connectivity index (χ0) is 21.2. The maximum atomic E-state index is 12.3. The molecule has 1 fully saturated rings. The molecule has 2 aromatic rings. The van der Waals surface area contributed by atoms with E-state index in [-0.39, 0.29) is 18.5 Å². The molecule has 1 saturated carbocycles. The fourth-order valence-corrected chi connectivity index (χ4v) is 4.09. The summed E-state index contributed by atoms with van der Waals surface area (Å²) in [5.41, 5.74) is 2.88. The van der Waals surface area contributed by atoms with Gasteiger partial charge < -0.3 is 9.47 Å². The summed E-state index contributed by atoms with van der Waals surface area (Å²) in [6, 6.07) is 17.6. The summed E-state index contributed by atoms with van der Waals surface area (Å²) >= 11 is 0. The van der Waals surface area contributed by atoms with Crippen LogP contribution in [0.1, 0.15) is 65.9 Å². The number of hydrogen-bond donors (Lipinski definition) is 0. The van der Waals surface area contributed by atoms with Gasteiger partial charge in [-0.2, -0.15) is 0 Å². The first-order valence-electron chi connectivity index (χ1n) is 10.8. The number of hydrogen-bond acceptors (Lipinski definition) is 4. The Morgan fingerprint density at radius 2 is 1.63 bits per heavy atom. The van der Waals surface area contributed by atoms with Crippen molar-refractivity contribution in [3.63, 3.8) is 0 Å². The van der Waals surface area contributed by atoms with E-state index in [1.165, 1.54) is 24.5 Å². The molecule has 0 unspecified atom stereocenters.